The fourth-order valence-electron chi connectivity index (χ4n) is 3.08. The molecule has 0 aliphatic rings. The molecule has 0 heterocycles. The second-order valence-electron chi connectivity index (χ2n) is 7.44. The number of hydrogen-bond acceptors (Lipinski definition) is 6. The minimum atomic E-state index is -1.27. The van der Waals surface area contributed by atoms with Crippen LogP contribution in [0.5, 0.6) is 5.75 Å². The number of methoxy groups -OCH3 is 1. The van der Waals surface area contributed by atoms with Crippen LogP contribution in [-0.4, -0.2) is 31.1 Å². The van der Waals surface area contributed by atoms with Crippen molar-refractivity contribution in [2.75, 3.05) is 12.4 Å². The Balaban J connectivity index is 1.67. The number of hydrogen-bond donors (Lipinski definition) is 2. The molecule has 0 aliphatic carbocycles. The molecule has 3 aromatic rings. The summed E-state index contributed by atoms with van der Waals surface area (Å²) in [4.78, 5) is 37.9. The maximum Gasteiger partial charge on any atom is 0.408 e. The van der Waals surface area contributed by atoms with Gasteiger partial charge in [0.25, 0.3) is 0 Å². The summed E-state index contributed by atoms with van der Waals surface area (Å²) < 4.78 is 15.7. The Bertz CT molecular complexity index is 1080. The standard InChI is InChI=1S/C26H25ClN2O6/c1-33-23-13-12-20(27)14-21(23)28-25(31)22(15-24(30)34-16-18-8-4-2-5-9-18)29-26(32)35-17-19-10-6-3-7-11-19/h2-14,22H,15-17H2,1H3,(H,28,31)(H,29,32)/t22-/m0/s1. The van der Waals surface area contributed by atoms with Crippen LogP contribution in [0.2, 0.25) is 5.02 Å². The normalized spacial score (nSPS) is 11.1. The summed E-state index contributed by atoms with van der Waals surface area (Å²) in [6, 6.07) is 21.6. The average Bonchev–Trinajstić information content (AvgIpc) is 2.87. The summed E-state index contributed by atoms with van der Waals surface area (Å²) in [6.07, 6.45) is -1.27. The molecule has 0 fully saturated rings. The quantitative estimate of drug-likeness (QED) is 0.394. The molecule has 3 rings (SSSR count). The highest BCUT2D eigenvalue weighted by molar-refractivity contribution is 6.31. The van der Waals surface area contributed by atoms with Crippen molar-refractivity contribution in [3.05, 3.63) is 95.0 Å². The Morgan fingerprint density at radius 2 is 1.46 bits per heavy atom. The number of carbonyl (C=O) groups excluding carboxylic acids is 3. The van der Waals surface area contributed by atoms with Crippen LogP contribution in [0.15, 0.2) is 78.9 Å². The van der Waals surface area contributed by atoms with Crippen LogP contribution in [0.1, 0.15) is 17.5 Å². The molecule has 2 N–H and O–H groups in total. The van der Waals surface area contributed by atoms with Gasteiger partial charge in [0.1, 0.15) is 25.0 Å². The van der Waals surface area contributed by atoms with E-state index < -0.39 is 30.4 Å². The smallest absolute Gasteiger partial charge is 0.408 e. The molecule has 2 amide bonds. The third-order valence-corrected chi connectivity index (χ3v) is 5.09. The SMILES string of the molecule is COc1ccc(Cl)cc1NC(=O)[C@H](CC(=O)OCc1ccccc1)NC(=O)OCc1ccccc1. The summed E-state index contributed by atoms with van der Waals surface area (Å²) in [5.74, 6) is -0.978. The number of nitrogens with one attached hydrogen (secondary N) is 2. The first-order chi connectivity index (χ1) is 16.9. The van der Waals surface area contributed by atoms with Gasteiger partial charge in [0.2, 0.25) is 5.91 Å². The molecule has 1 atom stereocenters. The largest absolute Gasteiger partial charge is 0.495 e. The minimum Gasteiger partial charge on any atom is -0.495 e. The van der Waals surface area contributed by atoms with Gasteiger partial charge in [-0.1, -0.05) is 72.3 Å². The summed E-state index contributed by atoms with van der Waals surface area (Å²) in [5.41, 5.74) is 1.85. The second-order valence-corrected chi connectivity index (χ2v) is 7.88. The zero-order valence-electron chi connectivity index (χ0n) is 19.0. The zero-order valence-corrected chi connectivity index (χ0v) is 19.8. The van der Waals surface area contributed by atoms with Gasteiger partial charge in [-0.15, -0.1) is 0 Å². The number of anilines is 1. The van der Waals surface area contributed by atoms with Gasteiger partial charge in [0.15, 0.2) is 0 Å². The molecule has 0 saturated carbocycles. The highest BCUT2D eigenvalue weighted by Gasteiger charge is 2.26. The van der Waals surface area contributed by atoms with E-state index in [9.17, 15) is 14.4 Å². The molecule has 8 nitrogen and oxygen atoms in total. The van der Waals surface area contributed by atoms with Crippen LogP contribution in [0.25, 0.3) is 0 Å². The Morgan fingerprint density at radius 1 is 0.857 bits per heavy atom. The Labute approximate surface area is 208 Å². The van der Waals surface area contributed by atoms with Crippen molar-refractivity contribution in [1.29, 1.82) is 0 Å². The molecule has 182 valence electrons. The molecule has 0 aromatic heterocycles. The highest BCUT2D eigenvalue weighted by atomic mass is 35.5. The van der Waals surface area contributed by atoms with Crippen molar-refractivity contribution in [1.82, 2.24) is 5.32 Å². The van der Waals surface area contributed by atoms with E-state index in [1.54, 1.807) is 24.3 Å². The predicted molar refractivity (Wildman–Crippen MR) is 131 cm³/mol. The lowest BCUT2D eigenvalue weighted by molar-refractivity contribution is -0.146. The average molecular weight is 497 g/mol. The summed E-state index contributed by atoms with van der Waals surface area (Å²) in [6.45, 7) is 0.0379. The lowest BCUT2D eigenvalue weighted by Crippen LogP contribution is -2.45. The van der Waals surface area contributed by atoms with Gasteiger partial charge in [-0.25, -0.2) is 4.79 Å². The number of carbonyl (C=O) groups is 3. The van der Waals surface area contributed by atoms with Crippen molar-refractivity contribution in [2.24, 2.45) is 0 Å². The summed E-state index contributed by atoms with van der Waals surface area (Å²) in [7, 11) is 1.44. The topological polar surface area (TPSA) is 103 Å². The molecule has 0 spiro atoms. The number of ether oxygens (including phenoxy) is 3. The molecule has 35 heavy (non-hydrogen) atoms. The van der Waals surface area contributed by atoms with Crippen molar-refractivity contribution < 1.29 is 28.6 Å². The molecule has 0 aliphatic heterocycles. The Morgan fingerprint density at radius 3 is 2.06 bits per heavy atom. The fourth-order valence-corrected chi connectivity index (χ4v) is 3.25. The van der Waals surface area contributed by atoms with Crippen LogP contribution >= 0.6 is 11.6 Å². The molecular weight excluding hydrogens is 472 g/mol. The number of rotatable bonds is 10. The van der Waals surface area contributed by atoms with Gasteiger partial charge in [-0.05, 0) is 29.3 Å². The van der Waals surface area contributed by atoms with Crippen molar-refractivity contribution in [3.8, 4) is 5.75 Å². The number of amides is 2. The van der Waals surface area contributed by atoms with Gasteiger partial charge in [0.05, 0.1) is 19.2 Å². The van der Waals surface area contributed by atoms with Crippen molar-refractivity contribution in [2.45, 2.75) is 25.7 Å². The monoisotopic (exact) mass is 496 g/mol. The number of halogens is 1. The summed E-state index contributed by atoms with van der Waals surface area (Å²) >= 11 is 6.03. The van der Waals surface area contributed by atoms with Crippen LogP contribution in [0.3, 0.4) is 0 Å². The second kappa shape index (κ2) is 13.0. The van der Waals surface area contributed by atoms with E-state index in [4.69, 9.17) is 25.8 Å². The minimum absolute atomic E-state index is 0.00157. The first-order valence-corrected chi connectivity index (χ1v) is 11.1. The summed E-state index contributed by atoms with van der Waals surface area (Å²) in [5, 5.41) is 5.45. The first-order valence-electron chi connectivity index (χ1n) is 10.8. The van der Waals surface area contributed by atoms with E-state index in [0.29, 0.717) is 10.8 Å². The zero-order chi connectivity index (χ0) is 25.0. The molecule has 0 unspecified atom stereocenters. The predicted octanol–water partition coefficient (Wildman–Crippen LogP) is 4.72. The van der Waals surface area contributed by atoms with Gasteiger partial charge < -0.3 is 24.8 Å². The van der Waals surface area contributed by atoms with E-state index >= 15 is 0 Å². The van der Waals surface area contributed by atoms with E-state index in [-0.39, 0.29) is 18.9 Å². The first kappa shape index (κ1) is 25.6. The van der Waals surface area contributed by atoms with Crippen LogP contribution in [-0.2, 0) is 32.3 Å². The molecular formula is C26H25ClN2O6. The Hall–Kier alpha value is -4.04. The van der Waals surface area contributed by atoms with Crippen molar-refractivity contribution in [3.63, 3.8) is 0 Å². The lowest BCUT2D eigenvalue weighted by Gasteiger charge is -2.19. The molecule has 9 heteroatoms. The lowest BCUT2D eigenvalue weighted by atomic mass is 10.1. The van der Waals surface area contributed by atoms with Gasteiger partial charge in [0, 0.05) is 5.02 Å². The van der Waals surface area contributed by atoms with E-state index in [0.717, 1.165) is 11.1 Å². The third kappa shape index (κ3) is 8.35. The van der Waals surface area contributed by atoms with Crippen LogP contribution < -0.4 is 15.4 Å². The number of benzene rings is 3. The molecule has 0 saturated heterocycles. The molecule has 0 radical (unpaired) electrons. The van der Waals surface area contributed by atoms with Gasteiger partial charge in [-0.3, -0.25) is 9.59 Å². The maximum absolute atomic E-state index is 13.0. The van der Waals surface area contributed by atoms with Crippen molar-refractivity contribution >= 4 is 35.3 Å². The van der Waals surface area contributed by atoms with E-state index in [1.807, 2.05) is 48.5 Å². The number of alkyl carbamates (subject to hydrolysis) is 1. The van der Waals surface area contributed by atoms with Crippen LogP contribution in [0, 0.1) is 0 Å². The Kier molecular flexibility index (Phi) is 9.50. The molecule has 0 bridgehead atoms. The van der Waals surface area contributed by atoms with E-state index in [2.05, 4.69) is 10.6 Å². The van der Waals surface area contributed by atoms with E-state index in [1.165, 1.54) is 13.2 Å². The number of esters is 1. The van der Waals surface area contributed by atoms with Gasteiger partial charge in [-0.2, -0.15) is 0 Å². The van der Waals surface area contributed by atoms with Crippen LogP contribution in [0.4, 0.5) is 10.5 Å². The fraction of sp³-hybridized carbons (Fsp3) is 0.192. The maximum atomic E-state index is 13.0. The highest BCUT2D eigenvalue weighted by Crippen LogP contribution is 2.27. The third-order valence-electron chi connectivity index (χ3n) is 4.85. The van der Waals surface area contributed by atoms with Gasteiger partial charge >= 0.3 is 12.1 Å². The molecule has 3 aromatic carbocycles.